The summed E-state index contributed by atoms with van der Waals surface area (Å²) in [5.74, 6) is 9.14. The van der Waals surface area contributed by atoms with Crippen molar-refractivity contribution in [3.63, 3.8) is 0 Å². The zero-order valence-electron chi connectivity index (χ0n) is 21.5. The van der Waals surface area contributed by atoms with Crippen molar-refractivity contribution >= 4 is 17.3 Å². The molecule has 1 aromatic carbocycles. The van der Waals surface area contributed by atoms with Crippen LogP contribution in [0.4, 0.5) is 20.3 Å². The van der Waals surface area contributed by atoms with Gasteiger partial charge in [-0.05, 0) is 50.6 Å². The first-order valence-corrected chi connectivity index (χ1v) is 12.3. The van der Waals surface area contributed by atoms with Gasteiger partial charge in [0, 0.05) is 37.1 Å². The third-order valence-corrected chi connectivity index (χ3v) is 5.91. The van der Waals surface area contributed by atoms with E-state index in [1.807, 2.05) is 13.8 Å². The Balaban J connectivity index is 0.00000186. The molecule has 0 atom stereocenters. The summed E-state index contributed by atoms with van der Waals surface area (Å²) in [5.41, 5.74) is 7.42. The number of benzene rings is 1. The van der Waals surface area contributed by atoms with Crippen molar-refractivity contribution in [1.29, 1.82) is 0 Å². The first-order valence-electron chi connectivity index (χ1n) is 12.3. The maximum atomic E-state index is 15.0. The third kappa shape index (κ3) is 6.52. The van der Waals surface area contributed by atoms with Crippen LogP contribution in [0.1, 0.15) is 38.7 Å². The fourth-order valence-electron chi connectivity index (χ4n) is 4.05. The zero-order valence-corrected chi connectivity index (χ0v) is 21.5. The molecule has 1 aliphatic heterocycles. The lowest BCUT2D eigenvalue weighted by atomic mass is 10.1. The smallest absolute Gasteiger partial charge is 0.202 e. The highest BCUT2D eigenvalue weighted by atomic mass is 19.2. The van der Waals surface area contributed by atoms with E-state index in [0.29, 0.717) is 5.56 Å². The molecule has 1 aliphatic rings. The van der Waals surface area contributed by atoms with E-state index in [1.54, 1.807) is 36.4 Å². The minimum absolute atomic E-state index is 0.0659. The average molecular weight is 516 g/mol. The molecule has 0 spiro atoms. The molecular formula is C25H35F2N9O. The highest BCUT2D eigenvalue weighted by molar-refractivity contribution is 6.12. The Hall–Kier alpha value is -3.77. The standard InChI is InChI=1S/C23H29F2N9O.C2H6/c1-32-14-16(13-30-32)15-11-17(22(26)29-12-15)23(31-27)34(28)18-5-6-19(21(25)20(18)24)35-10-4-9-33-7-2-3-8-33;1-2/h5-6,11-14H,2-4,7-10,27-28H2,1H3,(H2,26,29);1-2H3/b31-23-;. The molecule has 0 radical (unpaired) electrons. The van der Waals surface area contributed by atoms with Crippen LogP contribution >= 0.6 is 0 Å². The number of aryl methyl sites for hydroxylation is 1. The lowest BCUT2D eigenvalue weighted by Gasteiger charge is -2.22. The Labute approximate surface area is 215 Å². The minimum atomic E-state index is -1.19. The molecule has 0 unspecified atom stereocenters. The number of likely N-dealkylation sites (tertiary alicyclic amines) is 1. The van der Waals surface area contributed by atoms with E-state index in [-0.39, 0.29) is 35.3 Å². The maximum Gasteiger partial charge on any atom is 0.202 e. The summed E-state index contributed by atoms with van der Waals surface area (Å²) in [6.07, 6.45) is 8.10. The molecule has 10 nitrogen and oxygen atoms in total. The minimum Gasteiger partial charge on any atom is -0.490 e. The van der Waals surface area contributed by atoms with E-state index >= 15 is 0 Å². The van der Waals surface area contributed by atoms with Crippen molar-refractivity contribution in [2.45, 2.75) is 33.1 Å². The van der Waals surface area contributed by atoms with Crippen LogP contribution in [0.3, 0.4) is 0 Å². The number of ether oxygens (including phenoxy) is 1. The molecule has 3 heterocycles. The van der Waals surface area contributed by atoms with E-state index in [9.17, 15) is 8.78 Å². The number of halogens is 2. The molecule has 12 heteroatoms. The SMILES string of the molecule is CC.Cn1cc(-c2cnc(N)c(/C(=N/N)N(N)c3ccc(OCCCN4CCCC4)c(F)c3F)c2)cn1. The van der Waals surface area contributed by atoms with Gasteiger partial charge >= 0.3 is 0 Å². The normalized spacial score (nSPS) is 13.8. The predicted octanol–water partition coefficient (Wildman–Crippen LogP) is 3.23. The number of aromatic nitrogens is 3. The van der Waals surface area contributed by atoms with Crippen LogP contribution in [0, 0.1) is 11.6 Å². The van der Waals surface area contributed by atoms with Crippen LogP contribution in [0.2, 0.25) is 0 Å². The number of hydrogen-bond acceptors (Lipinski definition) is 8. The monoisotopic (exact) mass is 515 g/mol. The number of nitrogens with two attached hydrogens (primary N) is 3. The van der Waals surface area contributed by atoms with Gasteiger partial charge in [0.05, 0.1) is 24.1 Å². The lowest BCUT2D eigenvalue weighted by Crippen LogP contribution is -2.40. The van der Waals surface area contributed by atoms with E-state index in [1.165, 1.54) is 25.0 Å². The predicted molar refractivity (Wildman–Crippen MR) is 142 cm³/mol. The number of nitrogens with zero attached hydrogens (tertiary/aromatic N) is 6. The number of rotatable bonds is 8. The zero-order chi connectivity index (χ0) is 26.9. The molecule has 3 aromatic rings. The second-order valence-electron chi connectivity index (χ2n) is 8.34. The van der Waals surface area contributed by atoms with Crippen LogP contribution in [-0.4, -0.2) is 51.7 Å². The topological polar surface area (TPSA) is 137 Å². The van der Waals surface area contributed by atoms with Gasteiger partial charge in [-0.25, -0.2) is 15.2 Å². The number of amidine groups is 1. The molecular weight excluding hydrogens is 480 g/mol. The molecule has 4 rings (SSSR count). The van der Waals surface area contributed by atoms with Crippen LogP contribution in [0.15, 0.2) is 41.9 Å². The van der Waals surface area contributed by atoms with Gasteiger partial charge in [0.2, 0.25) is 5.82 Å². The van der Waals surface area contributed by atoms with Crippen LogP contribution < -0.4 is 27.2 Å². The number of nitrogen functional groups attached to an aromatic ring is 1. The first-order chi connectivity index (χ1) is 17.9. The summed E-state index contributed by atoms with van der Waals surface area (Å²) in [6.45, 7) is 7.28. The summed E-state index contributed by atoms with van der Waals surface area (Å²) in [4.78, 5) is 6.49. The Morgan fingerprint density at radius 2 is 1.86 bits per heavy atom. The molecule has 1 fully saturated rings. The summed E-state index contributed by atoms with van der Waals surface area (Å²) in [6, 6.07) is 4.27. The summed E-state index contributed by atoms with van der Waals surface area (Å²) < 4.78 is 36.9. The van der Waals surface area contributed by atoms with Crippen molar-refractivity contribution in [3.05, 3.63) is 54.0 Å². The Morgan fingerprint density at radius 3 is 2.51 bits per heavy atom. The van der Waals surface area contributed by atoms with Gasteiger partial charge in [0.1, 0.15) is 5.82 Å². The van der Waals surface area contributed by atoms with Gasteiger partial charge < -0.3 is 21.2 Å². The molecule has 0 aliphatic carbocycles. The molecule has 200 valence electrons. The quantitative estimate of drug-likeness (QED) is 0.137. The largest absolute Gasteiger partial charge is 0.490 e. The van der Waals surface area contributed by atoms with Crippen molar-refractivity contribution in [1.82, 2.24) is 19.7 Å². The van der Waals surface area contributed by atoms with E-state index in [2.05, 4.69) is 20.1 Å². The van der Waals surface area contributed by atoms with E-state index in [0.717, 1.165) is 36.6 Å². The number of hydrogen-bond donors (Lipinski definition) is 3. The van der Waals surface area contributed by atoms with E-state index in [4.69, 9.17) is 22.2 Å². The summed E-state index contributed by atoms with van der Waals surface area (Å²) in [5, 5.41) is 8.64. The molecule has 6 N–H and O–H groups in total. The second kappa shape index (κ2) is 13.0. The number of hydrazone groups is 1. The lowest BCUT2D eigenvalue weighted by molar-refractivity contribution is 0.253. The molecule has 2 aromatic heterocycles. The third-order valence-electron chi connectivity index (χ3n) is 5.91. The Morgan fingerprint density at radius 1 is 1.14 bits per heavy atom. The van der Waals surface area contributed by atoms with Crippen molar-refractivity contribution in [2.75, 3.05) is 37.0 Å². The van der Waals surface area contributed by atoms with Crippen LogP contribution in [-0.2, 0) is 7.05 Å². The van der Waals surface area contributed by atoms with Crippen LogP contribution in [0.5, 0.6) is 5.75 Å². The van der Waals surface area contributed by atoms with Gasteiger partial charge in [-0.2, -0.15) is 14.6 Å². The Bertz CT molecular complexity index is 1210. The van der Waals surface area contributed by atoms with Gasteiger partial charge in [-0.3, -0.25) is 9.69 Å². The number of pyridine rings is 1. The second-order valence-corrected chi connectivity index (χ2v) is 8.34. The molecule has 0 bridgehead atoms. The van der Waals surface area contributed by atoms with E-state index < -0.39 is 11.6 Å². The van der Waals surface area contributed by atoms with Crippen LogP contribution in [0.25, 0.3) is 11.1 Å². The highest BCUT2D eigenvalue weighted by Crippen LogP contribution is 2.30. The molecule has 37 heavy (non-hydrogen) atoms. The molecule has 0 saturated carbocycles. The fourth-order valence-corrected chi connectivity index (χ4v) is 4.05. The molecule has 0 amide bonds. The maximum absolute atomic E-state index is 15.0. The fraction of sp³-hybridized carbons (Fsp3) is 0.400. The number of anilines is 2. The Kier molecular flexibility index (Phi) is 9.75. The summed E-state index contributed by atoms with van der Waals surface area (Å²) in [7, 11) is 1.78. The van der Waals surface area contributed by atoms with Gasteiger partial charge in [-0.15, -0.1) is 0 Å². The molecule has 1 saturated heterocycles. The van der Waals surface area contributed by atoms with Crippen molar-refractivity contribution in [3.8, 4) is 16.9 Å². The van der Waals surface area contributed by atoms with Gasteiger partial charge in [-0.1, -0.05) is 13.8 Å². The summed E-state index contributed by atoms with van der Waals surface area (Å²) >= 11 is 0. The number of hydrazine groups is 1. The first kappa shape index (κ1) is 27.8. The van der Waals surface area contributed by atoms with Gasteiger partial charge in [0.15, 0.2) is 17.4 Å². The average Bonchev–Trinajstić information content (AvgIpc) is 3.59. The van der Waals surface area contributed by atoms with Gasteiger partial charge in [0.25, 0.3) is 0 Å². The van der Waals surface area contributed by atoms with Crippen molar-refractivity contribution < 1.29 is 13.5 Å². The van der Waals surface area contributed by atoms with Crippen molar-refractivity contribution in [2.24, 2.45) is 23.8 Å². The highest BCUT2D eigenvalue weighted by Gasteiger charge is 2.24.